The number of benzene rings is 1. The Balaban J connectivity index is 2.25. The Morgan fingerprint density at radius 3 is 2.11 bits per heavy atom. The second-order valence-corrected chi connectivity index (χ2v) is 4.39. The van der Waals surface area contributed by atoms with Crippen LogP contribution in [0.2, 0.25) is 0 Å². The third kappa shape index (κ3) is 2.57. The maximum Gasteiger partial charge on any atom is 0.269 e. The van der Waals surface area contributed by atoms with E-state index in [-0.39, 0.29) is 35.7 Å². The molecule has 98 valence electrons. The molecule has 0 aliphatic heterocycles. The molecule has 19 heavy (non-hydrogen) atoms. The van der Waals surface area contributed by atoms with Gasteiger partial charge in [0, 0.05) is 30.5 Å². The molecular weight excluding hydrogens is 250 g/mol. The predicted molar refractivity (Wildman–Crippen MR) is 64.8 cm³/mol. The number of carbonyl (C=O) groups excluding carboxylic acids is 3. The van der Waals surface area contributed by atoms with Crippen molar-refractivity contribution >= 4 is 23.0 Å². The van der Waals surface area contributed by atoms with Crippen molar-refractivity contribution in [3.05, 3.63) is 39.9 Å². The molecule has 0 amide bonds. The molecule has 0 heterocycles. The number of carbonyl (C=O) groups is 3. The highest BCUT2D eigenvalue weighted by atomic mass is 16.6. The van der Waals surface area contributed by atoms with Gasteiger partial charge < -0.3 is 0 Å². The van der Waals surface area contributed by atoms with Gasteiger partial charge >= 0.3 is 0 Å². The van der Waals surface area contributed by atoms with E-state index in [0.29, 0.717) is 6.42 Å². The van der Waals surface area contributed by atoms with Crippen molar-refractivity contribution in [3.63, 3.8) is 0 Å². The van der Waals surface area contributed by atoms with Gasteiger partial charge in [-0.3, -0.25) is 24.5 Å². The van der Waals surface area contributed by atoms with Crippen LogP contribution in [0, 0.1) is 16.0 Å². The summed E-state index contributed by atoms with van der Waals surface area (Å²) in [5, 5.41) is 10.5. The maximum atomic E-state index is 12.1. The molecule has 0 radical (unpaired) electrons. The van der Waals surface area contributed by atoms with Crippen molar-refractivity contribution in [2.75, 3.05) is 0 Å². The fourth-order valence-corrected chi connectivity index (χ4v) is 2.11. The quantitative estimate of drug-likeness (QED) is 0.357. The molecular formula is C13H11NO5. The van der Waals surface area contributed by atoms with E-state index < -0.39 is 16.6 Å². The van der Waals surface area contributed by atoms with Crippen LogP contribution in [-0.2, 0) is 9.59 Å². The highest BCUT2D eigenvalue weighted by Gasteiger charge is 2.36. The fourth-order valence-electron chi connectivity index (χ4n) is 2.11. The van der Waals surface area contributed by atoms with Gasteiger partial charge in [-0.25, -0.2) is 0 Å². The second-order valence-electron chi connectivity index (χ2n) is 4.39. The van der Waals surface area contributed by atoms with E-state index >= 15 is 0 Å². The zero-order chi connectivity index (χ0) is 14.0. The van der Waals surface area contributed by atoms with Crippen molar-refractivity contribution in [1.29, 1.82) is 0 Å². The summed E-state index contributed by atoms with van der Waals surface area (Å²) in [5.41, 5.74) is 0.0112. The average Bonchev–Trinajstić information content (AvgIpc) is 2.38. The summed E-state index contributed by atoms with van der Waals surface area (Å²) >= 11 is 0. The fraction of sp³-hybridized carbons (Fsp3) is 0.308. The number of Topliss-reactive ketones (excluding diaryl/α,β-unsaturated/α-hetero) is 3. The topological polar surface area (TPSA) is 94.3 Å². The monoisotopic (exact) mass is 261 g/mol. The van der Waals surface area contributed by atoms with Gasteiger partial charge in [-0.05, 0) is 18.6 Å². The van der Waals surface area contributed by atoms with E-state index in [1.165, 1.54) is 24.3 Å². The Morgan fingerprint density at radius 1 is 1.11 bits per heavy atom. The van der Waals surface area contributed by atoms with Crippen LogP contribution in [0.3, 0.4) is 0 Å². The number of non-ortho nitro benzene ring substituents is 1. The van der Waals surface area contributed by atoms with E-state index in [1.54, 1.807) is 0 Å². The van der Waals surface area contributed by atoms with Crippen LogP contribution in [0.15, 0.2) is 24.3 Å². The molecule has 6 heteroatoms. The van der Waals surface area contributed by atoms with E-state index in [0.717, 1.165) is 0 Å². The van der Waals surface area contributed by atoms with Crippen LogP contribution >= 0.6 is 0 Å². The largest absolute Gasteiger partial charge is 0.298 e. The van der Waals surface area contributed by atoms with Gasteiger partial charge in [0.2, 0.25) is 0 Å². The number of nitro benzene ring substituents is 1. The lowest BCUT2D eigenvalue weighted by molar-refractivity contribution is -0.384. The van der Waals surface area contributed by atoms with Crippen molar-refractivity contribution in [2.24, 2.45) is 5.92 Å². The van der Waals surface area contributed by atoms with Crippen LogP contribution in [0.25, 0.3) is 0 Å². The summed E-state index contributed by atoms with van der Waals surface area (Å²) < 4.78 is 0. The van der Waals surface area contributed by atoms with Gasteiger partial charge in [0.15, 0.2) is 17.3 Å². The first-order valence-corrected chi connectivity index (χ1v) is 5.85. The Labute approximate surface area is 108 Å². The van der Waals surface area contributed by atoms with E-state index in [9.17, 15) is 24.5 Å². The normalized spacial score (nSPS) is 16.4. The van der Waals surface area contributed by atoms with E-state index in [2.05, 4.69) is 0 Å². The second kappa shape index (κ2) is 5.09. The van der Waals surface area contributed by atoms with E-state index in [4.69, 9.17) is 0 Å². The van der Waals surface area contributed by atoms with Gasteiger partial charge in [0.05, 0.1) is 4.92 Å². The van der Waals surface area contributed by atoms with Gasteiger partial charge in [-0.1, -0.05) is 0 Å². The lowest BCUT2D eigenvalue weighted by atomic mass is 9.82. The van der Waals surface area contributed by atoms with E-state index in [1.807, 2.05) is 0 Å². The maximum absolute atomic E-state index is 12.1. The third-order valence-electron chi connectivity index (χ3n) is 3.12. The first-order valence-electron chi connectivity index (χ1n) is 5.85. The minimum absolute atomic E-state index is 0.141. The van der Waals surface area contributed by atoms with Gasteiger partial charge in [-0.15, -0.1) is 0 Å². The summed E-state index contributed by atoms with van der Waals surface area (Å²) in [6.45, 7) is 0. The van der Waals surface area contributed by atoms with Gasteiger partial charge in [0.25, 0.3) is 5.69 Å². The SMILES string of the molecule is O=C1CCCC(=O)C1C(=O)c1ccc([N+](=O)[O-])cc1. The van der Waals surface area contributed by atoms with Crippen LogP contribution in [0.5, 0.6) is 0 Å². The molecule has 1 aliphatic carbocycles. The molecule has 0 unspecified atom stereocenters. The molecule has 0 spiro atoms. The number of nitrogens with zero attached hydrogens (tertiary/aromatic N) is 1. The summed E-state index contributed by atoms with van der Waals surface area (Å²) in [5.74, 6) is -2.51. The molecule has 0 aromatic heterocycles. The van der Waals surface area contributed by atoms with Crippen molar-refractivity contribution in [3.8, 4) is 0 Å². The zero-order valence-electron chi connectivity index (χ0n) is 10.00. The molecule has 0 bridgehead atoms. The molecule has 2 rings (SSSR count). The van der Waals surface area contributed by atoms with Crippen molar-refractivity contribution in [1.82, 2.24) is 0 Å². The van der Waals surface area contributed by atoms with Crippen molar-refractivity contribution < 1.29 is 19.3 Å². The highest BCUT2D eigenvalue weighted by Crippen LogP contribution is 2.22. The summed E-state index contributed by atoms with van der Waals surface area (Å²) in [6, 6.07) is 4.92. The minimum Gasteiger partial charge on any atom is -0.298 e. The predicted octanol–water partition coefficient (Wildman–Crippen LogP) is 1.72. The molecule has 0 saturated heterocycles. The molecule has 1 aliphatic rings. The van der Waals surface area contributed by atoms with Crippen LogP contribution in [0.4, 0.5) is 5.69 Å². The number of ketones is 3. The highest BCUT2D eigenvalue weighted by molar-refractivity contribution is 6.25. The Morgan fingerprint density at radius 2 is 1.63 bits per heavy atom. The number of rotatable bonds is 3. The molecule has 1 saturated carbocycles. The molecule has 1 aromatic rings. The molecule has 0 N–H and O–H groups in total. The standard InChI is InChI=1S/C13H11NO5/c15-10-2-1-3-11(16)12(10)13(17)8-4-6-9(7-5-8)14(18)19/h4-7,12H,1-3H2. The summed E-state index contributed by atoms with van der Waals surface area (Å²) in [6.07, 6.45) is 0.950. The van der Waals surface area contributed by atoms with Crippen molar-refractivity contribution in [2.45, 2.75) is 19.3 Å². The molecule has 6 nitrogen and oxygen atoms in total. The number of nitro groups is 1. The Hall–Kier alpha value is -2.37. The number of hydrogen-bond donors (Lipinski definition) is 0. The van der Waals surface area contributed by atoms with Gasteiger partial charge in [-0.2, -0.15) is 0 Å². The first kappa shape index (κ1) is 13.1. The summed E-state index contributed by atoms with van der Waals surface area (Å²) in [7, 11) is 0. The smallest absolute Gasteiger partial charge is 0.269 e. The lowest BCUT2D eigenvalue weighted by Gasteiger charge is -2.17. The molecule has 0 atom stereocenters. The van der Waals surface area contributed by atoms with Gasteiger partial charge in [0.1, 0.15) is 5.92 Å². The number of hydrogen-bond acceptors (Lipinski definition) is 5. The minimum atomic E-state index is -1.23. The molecule has 1 aromatic carbocycles. The third-order valence-corrected chi connectivity index (χ3v) is 3.12. The Bertz CT molecular complexity index is 545. The Kier molecular flexibility index (Phi) is 3.50. The van der Waals surface area contributed by atoms with Crippen LogP contribution in [0.1, 0.15) is 29.6 Å². The molecule has 1 fully saturated rings. The van der Waals surface area contributed by atoms with Crippen LogP contribution < -0.4 is 0 Å². The first-order chi connectivity index (χ1) is 9.00. The zero-order valence-corrected chi connectivity index (χ0v) is 10.00. The lowest BCUT2D eigenvalue weighted by Crippen LogP contribution is -2.35. The van der Waals surface area contributed by atoms with Crippen LogP contribution in [-0.4, -0.2) is 22.3 Å². The summed E-state index contributed by atoms with van der Waals surface area (Å²) in [4.78, 5) is 45.3. The average molecular weight is 261 g/mol.